The van der Waals surface area contributed by atoms with Crippen molar-refractivity contribution in [2.45, 2.75) is 31.4 Å². The third-order valence-electron chi connectivity index (χ3n) is 2.90. The van der Waals surface area contributed by atoms with E-state index < -0.39 is 5.25 Å². The molecule has 0 aromatic carbocycles. The molecule has 0 N–H and O–H groups in total. The van der Waals surface area contributed by atoms with Crippen molar-refractivity contribution in [1.82, 2.24) is 4.90 Å². The summed E-state index contributed by atoms with van der Waals surface area (Å²) in [4.78, 5) is 25.1. The molecule has 1 amide bonds. The predicted molar refractivity (Wildman–Crippen MR) is 66.2 cm³/mol. The Morgan fingerprint density at radius 3 is 3.11 bits per heavy atom. The second kappa shape index (κ2) is 5.44. The quantitative estimate of drug-likeness (QED) is 0.722. The molecular formula is C12H14N2O3S. The van der Waals surface area contributed by atoms with E-state index in [1.807, 2.05) is 0 Å². The van der Waals surface area contributed by atoms with Crippen LogP contribution in [-0.4, -0.2) is 35.2 Å². The van der Waals surface area contributed by atoms with Crippen LogP contribution in [-0.2, 0) is 14.3 Å². The number of esters is 1. The van der Waals surface area contributed by atoms with Gasteiger partial charge in [-0.3, -0.25) is 9.59 Å². The topological polar surface area (TPSA) is 70.4 Å². The molecule has 5 nitrogen and oxygen atoms in total. The molecule has 1 saturated heterocycles. The lowest BCUT2D eigenvalue weighted by molar-refractivity contribution is -0.144. The summed E-state index contributed by atoms with van der Waals surface area (Å²) < 4.78 is 4.85. The minimum Gasteiger partial charge on any atom is -0.466 e. The van der Waals surface area contributed by atoms with Crippen LogP contribution >= 0.6 is 11.8 Å². The molecule has 1 atom stereocenters. The molecule has 0 radical (unpaired) electrons. The van der Waals surface area contributed by atoms with Gasteiger partial charge in [-0.1, -0.05) is 11.8 Å². The smallest absolute Gasteiger partial charge is 0.307 e. The summed E-state index contributed by atoms with van der Waals surface area (Å²) in [5, 5.41) is 9.33. The van der Waals surface area contributed by atoms with Crippen LogP contribution in [0.25, 0.3) is 0 Å². The van der Waals surface area contributed by atoms with Crippen LogP contribution in [0.1, 0.15) is 26.2 Å². The molecule has 0 bridgehead atoms. The zero-order valence-electron chi connectivity index (χ0n) is 10.1. The minimum absolute atomic E-state index is 0.0736. The van der Waals surface area contributed by atoms with Crippen molar-refractivity contribution in [3.8, 4) is 6.07 Å². The van der Waals surface area contributed by atoms with Gasteiger partial charge >= 0.3 is 5.97 Å². The first-order chi connectivity index (χ1) is 8.67. The molecule has 2 aliphatic heterocycles. The first-order valence-corrected chi connectivity index (χ1v) is 6.82. The molecule has 96 valence electrons. The largest absolute Gasteiger partial charge is 0.466 e. The Morgan fingerprint density at radius 2 is 2.44 bits per heavy atom. The lowest BCUT2D eigenvalue weighted by atomic mass is 10.1. The minimum atomic E-state index is -0.430. The molecular weight excluding hydrogens is 252 g/mol. The van der Waals surface area contributed by atoms with Crippen LogP contribution in [0.3, 0.4) is 0 Å². The first-order valence-electron chi connectivity index (χ1n) is 5.94. The predicted octanol–water partition coefficient (Wildman–Crippen LogP) is 1.41. The van der Waals surface area contributed by atoms with Crippen molar-refractivity contribution in [3.63, 3.8) is 0 Å². The van der Waals surface area contributed by atoms with E-state index in [0.717, 1.165) is 17.9 Å². The van der Waals surface area contributed by atoms with E-state index in [1.165, 1.54) is 11.8 Å². The number of carbonyl (C=O) groups is 2. The number of amides is 1. The molecule has 0 saturated carbocycles. The number of allylic oxidation sites excluding steroid dienone is 1. The fraction of sp³-hybridized carbons (Fsp3) is 0.583. The molecule has 1 fully saturated rings. The Morgan fingerprint density at radius 1 is 1.67 bits per heavy atom. The highest BCUT2D eigenvalue weighted by molar-refractivity contribution is 8.04. The van der Waals surface area contributed by atoms with Crippen LogP contribution < -0.4 is 0 Å². The van der Waals surface area contributed by atoms with Crippen molar-refractivity contribution in [1.29, 1.82) is 5.26 Å². The molecule has 6 heteroatoms. The Balaban J connectivity index is 2.12. The van der Waals surface area contributed by atoms with Gasteiger partial charge in [-0.2, -0.15) is 5.26 Å². The van der Waals surface area contributed by atoms with Crippen molar-refractivity contribution >= 4 is 23.6 Å². The van der Waals surface area contributed by atoms with Gasteiger partial charge in [-0.25, -0.2) is 0 Å². The zero-order valence-corrected chi connectivity index (χ0v) is 11.0. The summed E-state index contributed by atoms with van der Waals surface area (Å²) in [6.07, 6.45) is 1.61. The zero-order chi connectivity index (χ0) is 13.1. The van der Waals surface area contributed by atoms with Crippen LogP contribution in [0.5, 0.6) is 0 Å². The van der Waals surface area contributed by atoms with E-state index in [9.17, 15) is 9.59 Å². The highest BCUT2D eigenvalue weighted by atomic mass is 32.2. The van der Waals surface area contributed by atoms with Crippen LogP contribution in [0.15, 0.2) is 10.6 Å². The molecule has 18 heavy (non-hydrogen) atoms. The van der Waals surface area contributed by atoms with E-state index in [-0.39, 0.29) is 18.3 Å². The van der Waals surface area contributed by atoms with Gasteiger partial charge in [-0.15, -0.1) is 0 Å². The fourth-order valence-corrected chi connectivity index (χ4v) is 3.41. The Hall–Kier alpha value is -1.48. The van der Waals surface area contributed by atoms with Gasteiger partial charge in [0, 0.05) is 6.54 Å². The number of hydrogen-bond acceptors (Lipinski definition) is 5. The summed E-state index contributed by atoms with van der Waals surface area (Å²) in [6, 6.07) is 2.14. The number of fused-ring (bicyclic) bond motifs is 1. The standard InChI is InChI=1S/C12H14N2O3S/c1-2-17-10(15)6-9-11(16)14-5-3-4-8(7-13)12(14)18-9/h9H,2-6H2,1H3. The monoisotopic (exact) mass is 266 g/mol. The molecule has 2 rings (SSSR count). The summed E-state index contributed by atoms with van der Waals surface area (Å²) in [7, 11) is 0. The van der Waals surface area contributed by atoms with Gasteiger partial charge in [0.15, 0.2) is 0 Å². The van der Waals surface area contributed by atoms with Gasteiger partial charge in [-0.05, 0) is 19.8 Å². The molecule has 0 spiro atoms. The van der Waals surface area contributed by atoms with E-state index in [2.05, 4.69) is 6.07 Å². The highest BCUT2D eigenvalue weighted by Crippen LogP contribution is 2.42. The maximum atomic E-state index is 12.1. The van der Waals surface area contributed by atoms with E-state index in [1.54, 1.807) is 11.8 Å². The number of thioether (sulfide) groups is 1. The molecule has 0 aromatic rings. The summed E-state index contributed by atoms with van der Waals surface area (Å²) >= 11 is 1.32. The van der Waals surface area contributed by atoms with Crippen molar-refractivity contribution in [2.24, 2.45) is 0 Å². The Kier molecular flexibility index (Phi) is 3.92. The molecule has 0 aromatic heterocycles. The number of ether oxygens (including phenoxy) is 1. The lowest BCUT2D eigenvalue weighted by Crippen LogP contribution is -2.32. The van der Waals surface area contributed by atoms with E-state index in [0.29, 0.717) is 18.7 Å². The molecule has 1 unspecified atom stereocenters. The lowest BCUT2D eigenvalue weighted by Gasteiger charge is -2.22. The van der Waals surface area contributed by atoms with Crippen molar-refractivity contribution < 1.29 is 14.3 Å². The van der Waals surface area contributed by atoms with Gasteiger partial charge in [0.1, 0.15) is 5.25 Å². The van der Waals surface area contributed by atoms with Gasteiger partial charge in [0.05, 0.1) is 29.7 Å². The highest BCUT2D eigenvalue weighted by Gasteiger charge is 2.40. The van der Waals surface area contributed by atoms with E-state index in [4.69, 9.17) is 10.00 Å². The SMILES string of the molecule is CCOC(=O)CC1SC2=C(C#N)CCCN2C1=O. The third kappa shape index (κ3) is 2.36. The van der Waals surface area contributed by atoms with Gasteiger partial charge in [0.2, 0.25) is 5.91 Å². The normalized spacial score (nSPS) is 22.8. The Labute approximate surface area is 110 Å². The molecule has 2 aliphatic rings. The van der Waals surface area contributed by atoms with Crippen LogP contribution in [0.4, 0.5) is 0 Å². The third-order valence-corrected chi connectivity index (χ3v) is 4.24. The van der Waals surface area contributed by atoms with Crippen LogP contribution in [0.2, 0.25) is 0 Å². The van der Waals surface area contributed by atoms with Crippen molar-refractivity contribution in [3.05, 3.63) is 10.6 Å². The fourth-order valence-electron chi connectivity index (χ4n) is 2.09. The maximum absolute atomic E-state index is 12.1. The van der Waals surface area contributed by atoms with E-state index >= 15 is 0 Å². The van der Waals surface area contributed by atoms with Gasteiger partial charge in [0.25, 0.3) is 0 Å². The second-order valence-electron chi connectivity index (χ2n) is 4.10. The number of nitriles is 1. The number of rotatable bonds is 3. The molecule has 0 aliphatic carbocycles. The number of nitrogens with zero attached hydrogens (tertiary/aromatic N) is 2. The summed E-state index contributed by atoms with van der Waals surface area (Å²) in [5.74, 6) is -0.433. The molecule has 2 heterocycles. The Bertz CT molecular complexity index is 453. The number of carbonyl (C=O) groups excluding carboxylic acids is 2. The average Bonchev–Trinajstić information content (AvgIpc) is 2.67. The number of hydrogen-bond donors (Lipinski definition) is 0. The van der Waals surface area contributed by atoms with Gasteiger partial charge < -0.3 is 9.64 Å². The van der Waals surface area contributed by atoms with Crippen LogP contribution in [0, 0.1) is 11.3 Å². The maximum Gasteiger partial charge on any atom is 0.307 e. The average molecular weight is 266 g/mol. The first kappa shape index (κ1) is 13.0. The summed E-state index contributed by atoms with van der Waals surface area (Å²) in [6.45, 7) is 2.70. The summed E-state index contributed by atoms with van der Waals surface area (Å²) in [5.41, 5.74) is 0.658. The van der Waals surface area contributed by atoms with Crippen molar-refractivity contribution in [2.75, 3.05) is 13.2 Å². The second-order valence-corrected chi connectivity index (χ2v) is 5.30.